The fraction of sp³-hybridized carbons (Fsp3) is 0.286. The second-order valence-electron chi connectivity index (χ2n) is 6.60. The molecule has 3 aromatic rings. The maximum Gasteiger partial charge on any atom is 0.124 e. The van der Waals surface area contributed by atoms with Crippen molar-refractivity contribution in [1.29, 1.82) is 0 Å². The number of benzene rings is 2. The van der Waals surface area contributed by atoms with Gasteiger partial charge in [-0.2, -0.15) is 0 Å². The minimum Gasteiger partial charge on any atom is -0.372 e. The molecular formula is C21H22N2S. The Morgan fingerprint density at radius 2 is 1.83 bits per heavy atom. The Kier molecular flexibility index (Phi) is 4.11. The van der Waals surface area contributed by atoms with Crippen LogP contribution in [0.4, 0.5) is 5.69 Å². The predicted molar refractivity (Wildman–Crippen MR) is 104 cm³/mol. The zero-order valence-corrected chi connectivity index (χ0v) is 15.1. The maximum absolute atomic E-state index is 4.92. The molecular weight excluding hydrogens is 312 g/mol. The number of aryl methyl sites for hydroxylation is 2. The molecule has 0 radical (unpaired) electrons. The lowest BCUT2D eigenvalue weighted by atomic mass is 10.0. The van der Waals surface area contributed by atoms with Gasteiger partial charge in [0.1, 0.15) is 5.01 Å². The van der Waals surface area contributed by atoms with Gasteiger partial charge in [-0.25, -0.2) is 4.98 Å². The lowest BCUT2D eigenvalue weighted by Gasteiger charge is -2.17. The highest BCUT2D eigenvalue weighted by Gasteiger charge is 2.14. The molecule has 2 nitrogen and oxygen atoms in total. The van der Waals surface area contributed by atoms with Crippen molar-refractivity contribution in [2.45, 2.75) is 26.7 Å². The first-order valence-corrected chi connectivity index (χ1v) is 9.47. The predicted octanol–water partition coefficient (Wildman–Crippen LogP) is 5.69. The van der Waals surface area contributed by atoms with Crippen molar-refractivity contribution in [3.63, 3.8) is 0 Å². The number of hydrogen-bond acceptors (Lipinski definition) is 3. The van der Waals surface area contributed by atoms with Gasteiger partial charge in [0.2, 0.25) is 0 Å². The summed E-state index contributed by atoms with van der Waals surface area (Å²) in [5.74, 6) is 0. The molecule has 0 unspecified atom stereocenters. The smallest absolute Gasteiger partial charge is 0.124 e. The third kappa shape index (κ3) is 2.96. The molecule has 0 N–H and O–H groups in total. The van der Waals surface area contributed by atoms with Crippen LogP contribution in [0, 0.1) is 13.8 Å². The topological polar surface area (TPSA) is 16.1 Å². The van der Waals surface area contributed by atoms with Gasteiger partial charge in [-0.15, -0.1) is 11.3 Å². The standard InChI is InChI=1S/C21H22N2S/c1-15-8-9-16(2)19(12-15)20-14-24-21(22-20)17-6-5-7-18(13-17)23-10-3-4-11-23/h5-9,12-14H,3-4,10-11H2,1-2H3. The van der Waals surface area contributed by atoms with Crippen LogP contribution in [0.15, 0.2) is 47.8 Å². The van der Waals surface area contributed by atoms with E-state index in [1.54, 1.807) is 11.3 Å². The number of rotatable bonds is 3. The Balaban J connectivity index is 1.67. The molecule has 0 saturated carbocycles. The summed E-state index contributed by atoms with van der Waals surface area (Å²) in [5, 5.41) is 3.28. The van der Waals surface area contributed by atoms with Crippen LogP contribution >= 0.6 is 11.3 Å². The Morgan fingerprint density at radius 3 is 2.67 bits per heavy atom. The molecule has 122 valence electrons. The summed E-state index contributed by atoms with van der Waals surface area (Å²) in [6.45, 7) is 6.64. The van der Waals surface area contributed by atoms with E-state index in [1.807, 2.05) is 0 Å². The first-order valence-electron chi connectivity index (χ1n) is 8.59. The summed E-state index contributed by atoms with van der Waals surface area (Å²) in [4.78, 5) is 7.40. The minimum absolute atomic E-state index is 1.09. The molecule has 1 aliphatic rings. The van der Waals surface area contributed by atoms with Crippen LogP contribution in [0.5, 0.6) is 0 Å². The van der Waals surface area contributed by atoms with Gasteiger partial charge in [0, 0.05) is 35.3 Å². The van der Waals surface area contributed by atoms with Gasteiger partial charge in [-0.1, -0.05) is 29.8 Å². The SMILES string of the molecule is Cc1ccc(C)c(-c2csc(-c3cccc(N4CCCC4)c3)n2)c1. The normalized spacial score (nSPS) is 14.3. The molecule has 1 aromatic heterocycles. The van der Waals surface area contributed by atoms with Crippen molar-refractivity contribution < 1.29 is 0 Å². The quantitative estimate of drug-likeness (QED) is 0.611. The van der Waals surface area contributed by atoms with Crippen molar-refractivity contribution in [2.24, 2.45) is 0 Å². The van der Waals surface area contributed by atoms with Gasteiger partial charge >= 0.3 is 0 Å². The summed E-state index contributed by atoms with van der Waals surface area (Å²) in [7, 11) is 0. The molecule has 24 heavy (non-hydrogen) atoms. The number of hydrogen-bond donors (Lipinski definition) is 0. The van der Waals surface area contributed by atoms with E-state index < -0.39 is 0 Å². The highest BCUT2D eigenvalue weighted by atomic mass is 32.1. The fourth-order valence-corrected chi connectivity index (χ4v) is 4.17. The molecule has 4 rings (SSSR count). The number of aromatic nitrogens is 1. The minimum atomic E-state index is 1.09. The molecule has 0 bridgehead atoms. The van der Waals surface area contributed by atoms with E-state index in [1.165, 1.54) is 53.9 Å². The van der Waals surface area contributed by atoms with E-state index in [-0.39, 0.29) is 0 Å². The van der Waals surface area contributed by atoms with Gasteiger partial charge in [0.25, 0.3) is 0 Å². The second-order valence-corrected chi connectivity index (χ2v) is 7.46. The molecule has 0 spiro atoms. The summed E-state index contributed by atoms with van der Waals surface area (Å²) < 4.78 is 0. The summed E-state index contributed by atoms with van der Waals surface area (Å²) in [6.07, 6.45) is 2.61. The van der Waals surface area contributed by atoms with Gasteiger partial charge in [0.05, 0.1) is 5.69 Å². The number of nitrogens with zero attached hydrogens (tertiary/aromatic N) is 2. The third-order valence-corrected chi connectivity index (χ3v) is 5.63. The lowest BCUT2D eigenvalue weighted by Crippen LogP contribution is -2.17. The van der Waals surface area contributed by atoms with E-state index in [0.29, 0.717) is 0 Å². The van der Waals surface area contributed by atoms with Crippen LogP contribution < -0.4 is 4.90 Å². The van der Waals surface area contributed by atoms with Gasteiger partial charge in [-0.05, 0) is 50.5 Å². The van der Waals surface area contributed by atoms with Crippen molar-refractivity contribution in [3.05, 3.63) is 59.0 Å². The van der Waals surface area contributed by atoms with Crippen LogP contribution in [0.1, 0.15) is 24.0 Å². The van der Waals surface area contributed by atoms with Crippen molar-refractivity contribution in [2.75, 3.05) is 18.0 Å². The average Bonchev–Trinajstić information content (AvgIpc) is 3.29. The summed E-state index contributed by atoms with van der Waals surface area (Å²) in [6, 6.07) is 15.4. The van der Waals surface area contributed by atoms with Crippen molar-refractivity contribution >= 4 is 17.0 Å². The van der Waals surface area contributed by atoms with E-state index in [0.717, 1.165) is 10.7 Å². The molecule has 1 saturated heterocycles. The van der Waals surface area contributed by atoms with Crippen LogP contribution in [-0.4, -0.2) is 18.1 Å². The Morgan fingerprint density at radius 1 is 1.00 bits per heavy atom. The van der Waals surface area contributed by atoms with Gasteiger partial charge in [-0.3, -0.25) is 0 Å². The molecule has 0 amide bonds. The Bertz CT molecular complexity index is 860. The van der Waals surface area contributed by atoms with Crippen molar-refractivity contribution in [3.8, 4) is 21.8 Å². The van der Waals surface area contributed by atoms with Crippen LogP contribution in [0.25, 0.3) is 21.8 Å². The van der Waals surface area contributed by atoms with Crippen molar-refractivity contribution in [1.82, 2.24) is 4.98 Å². The van der Waals surface area contributed by atoms with Gasteiger partial charge < -0.3 is 4.90 Å². The number of anilines is 1. The monoisotopic (exact) mass is 334 g/mol. The largest absolute Gasteiger partial charge is 0.372 e. The third-order valence-electron chi connectivity index (χ3n) is 4.74. The lowest BCUT2D eigenvalue weighted by molar-refractivity contribution is 0.949. The zero-order chi connectivity index (χ0) is 16.5. The first-order chi connectivity index (χ1) is 11.7. The average molecular weight is 334 g/mol. The molecule has 2 aromatic carbocycles. The molecule has 0 aliphatic carbocycles. The number of thiazole rings is 1. The fourth-order valence-electron chi connectivity index (χ4n) is 3.35. The molecule has 3 heteroatoms. The van der Waals surface area contributed by atoms with E-state index in [4.69, 9.17) is 4.98 Å². The van der Waals surface area contributed by atoms with Crippen LogP contribution in [-0.2, 0) is 0 Å². The Hall–Kier alpha value is -2.13. The summed E-state index contributed by atoms with van der Waals surface area (Å²) >= 11 is 1.73. The van der Waals surface area contributed by atoms with Crippen LogP contribution in [0.3, 0.4) is 0 Å². The maximum atomic E-state index is 4.92. The van der Waals surface area contributed by atoms with Crippen LogP contribution in [0.2, 0.25) is 0 Å². The van der Waals surface area contributed by atoms with E-state index in [2.05, 4.69) is 66.6 Å². The van der Waals surface area contributed by atoms with E-state index in [9.17, 15) is 0 Å². The Labute approximate surface area is 147 Å². The first kappa shape index (κ1) is 15.4. The second kappa shape index (κ2) is 6.40. The molecule has 2 heterocycles. The zero-order valence-electron chi connectivity index (χ0n) is 14.2. The molecule has 1 fully saturated rings. The molecule has 0 atom stereocenters. The highest BCUT2D eigenvalue weighted by molar-refractivity contribution is 7.13. The summed E-state index contributed by atoms with van der Waals surface area (Å²) in [5.41, 5.74) is 7.44. The molecule has 1 aliphatic heterocycles. The van der Waals surface area contributed by atoms with Gasteiger partial charge in [0.15, 0.2) is 0 Å². The van der Waals surface area contributed by atoms with E-state index >= 15 is 0 Å². The highest BCUT2D eigenvalue weighted by Crippen LogP contribution is 2.33.